The van der Waals surface area contributed by atoms with Crippen LogP contribution in [-0.4, -0.2) is 40.7 Å². The number of esters is 2. The number of ether oxygens (including phenoxy) is 3. The summed E-state index contributed by atoms with van der Waals surface area (Å²) in [6.07, 6.45) is 0. The molecule has 3 aromatic rings. The second-order valence-electron chi connectivity index (χ2n) is 6.72. The molecule has 3 rings (SSSR count). The number of halogens is 3. The molecule has 13 heteroatoms. The summed E-state index contributed by atoms with van der Waals surface area (Å²) in [5.41, 5.74) is 0.606. The van der Waals surface area contributed by atoms with Crippen LogP contribution in [-0.2, 0) is 24.3 Å². The first kappa shape index (κ1) is 26.6. The minimum absolute atomic E-state index is 0.0519. The van der Waals surface area contributed by atoms with Crippen molar-refractivity contribution >= 4 is 54.9 Å². The molecule has 0 saturated carbocycles. The van der Waals surface area contributed by atoms with Crippen LogP contribution in [0.2, 0.25) is 0 Å². The molecule has 0 radical (unpaired) electrons. The topological polar surface area (TPSA) is 108 Å². The molecule has 186 valence electrons. The lowest BCUT2D eigenvalue weighted by atomic mass is 10.2. The number of hydrogen-bond acceptors (Lipinski definition) is 8. The number of nitrogens with one attached hydrogen (secondary N) is 1. The number of carbonyl (C=O) groups excluding carboxylic acids is 2. The number of carbonyl (C=O) groups is 2. The van der Waals surface area contributed by atoms with Gasteiger partial charge in [0.1, 0.15) is 11.6 Å². The minimum Gasteiger partial charge on any atom is -0.479 e. The molecule has 0 atom stereocenters. The van der Waals surface area contributed by atoms with Crippen molar-refractivity contribution in [3.05, 3.63) is 63.4 Å². The Kier molecular flexibility index (Phi) is 8.46. The Morgan fingerprint density at radius 1 is 1.09 bits per heavy atom. The van der Waals surface area contributed by atoms with Crippen molar-refractivity contribution in [1.29, 1.82) is 0 Å². The van der Waals surface area contributed by atoms with E-state index in [1.807, 2.05) is 0 Å². The Morgan fingerprint density at radius 3 is 2.29 bits per heavy atom. The first-order chi connectivity index (χ1) is 16.6. The van der Waals surface area contributed by atoms with Crippen molar-refractivity contribution in [2.75, 3.05) is 25.0 Å². The predicted molar refractivity (Wildman–Crippen MR) is 128 cm³/mol. The van der Waals surface area contributed by atoms with E-state index in [0.29, 0.717) is 14.9 Å². The van der Waals surface area contributed by atoms with Crippen molar-refractivity contribution in [3.8, 4) is 16.2 Å². The maximum atomic E-state index is 13.9. The first-order valence-corrected chi connectivity index (χ1v) is 12.9. The molecule has 0 aliphatic rings. The quantitative estimate of drug-likeness (QED) is 0.350. The molecule has 0 saturated heterocycles. The van der Waals surface area contributed by atoms with Crippen molar-refractivity contribution in [3.63, 3.8) is 0 Å². The van der Waals surface area contributed by atoms with Crippen molar-refractivity contribution in [2.45, 2.75) is 11.8 Å². The van der Waals surface area contributed by atoms with E-state index in [1.165, 1.54) is 31.4 Å². The van der Waals surface area contributed by atoms with E-state index in [4.69, 9.17) is 14.2 Å². The van der Waals surface area contributed by atoms with Gasteiger partial charge in [-0.05, 0) is 52.7 Å². The Morgan fingerprint density at radius 2 is 1.71 bits per heavy atom. The van der Waals surface area contributed by atoms with Crippen LogP contribution in [0.25, 0.3) is 10.4 Å². The summed E-state index contributed by atoms with van der Waals surface area (Å²) in [4.78, 5) is 23.4. The molecule has 0 unspecified atom stereocenters. The molecule has 0 aliphatic carbocycles. The average Bonchev–Trinajstić information content (AvgIpc) is 3.13. The van der Waals surface area contributed by atoms with Crippen LogP contribution in [0.5, 0.6) is 5.75 Å². The molecule has 0 fully saturated rings. The van der Waals surface area contributed by atoms with Crippen LogP contribution in [0.3, 0.4) is 0 Å². The highest BCUT2D eigenvalue weighted by Gasteiger charge is 2.26. The maximum absolute atomic E-state index is 13.9. The van der Waals surface area contributed by atoms with Gasteiger partial charge in [-0.3, -0.25) is 4.72 Å². The molecule has 1 N–H and O–H groups in total. The number of thiophene rings is 1. The smallest absolute Gasteiger partial charge is 0.351 e. The highest BCUT2D eigenvalue weighted by atomic mass is 79.9. The van der Waals surface area contributed by atoms with E-state index in [9.17, 15) is 26.8 Å². The molecule has 0 bridgehead atoms. The molecule has 2 aromatic carbocycles. The molecule has 1 heterocycles. The lowest BCUT2D eigenvalue weighted by molar-refractivity contribution is -0.145. The largest absolute Gasteiger partial charge is 0.479 e. The van der Waals surface area contributed by atoms with Gasteiger partial charge in [0.15, 0.2) is 22.1 Å². The fourth-order valence-electron chi connectivity index (χ4n) is 2.91. The highest BCUT2D eigenvalue weighted by Crippen LogP contribution is 2.46. The predicted octanol–water partition coefficient (Wildman–Crippen LogP) is 4.99. The summed E-state index contributed by atoms with van der Waals surface area (Å²) >= 11 is 4.39. The van der Waals surface area contributed by atoms with Gasteiger partial charge in [0.05, 0.1) is 23.1 Å². The van der Waals surface area contributed by atoms with E-state index in [-0.39, 0.29) is 22.9 Å². The van der Waals surface area contributed by atoms with Gasteiger partial charge in [-0.1, -0.05) is 18.2 Å². The second-order valence-corrected chi connectivity index (χ2v) is 10.2. The summed E-state index contributed by atoms with van der Waals surface area (Å²) in [7, 11) is -3.33. The molecule has 0 spiro atoms. The number of benzene rings is 2. The second kappa shape index (κ2) is 11.1. The Bertz CT molecular complexity index is 1340. The van der Waals surface area contributed by atoms with E-state index < -0.39 is 45.1 Å². The summed E-state index contributed by atoms with van der Waals surface area (Å²) < 4.78 is 70.4. The normalized spacial score (nSPS) is 11.1. The first-order valence-electron chi connectivity index (χ1n) is 9.85. The van der Waals surface area contributed by atoms with Gasteiger partial charge in [-0.15, -0.1) is 11.3 Å². The molecular weight excluding hydrogens is 572 g/mol. The zero-order valence-electron chi connectivity index (χ0n) is 18.3. The van der Waals surface area contributed by atoms with Gasteiger partial charge in [0, 0.05) is 5.69 Å². The fraction of sp³-hybridized carbons (Fsp3) is 0.182. The fourth-order valence-corrected chi connectivity index (χ4v) is 6.08. The third-order valence-electron chi connectivity index (χ3n) is 4.41. The molecular formula is C22H18BrF2NO7S2. The molecule has 8 nitrogen and oxygen atoms in total. The third-order valence-corrected chi connectivity index (χ3v) is 8.06. The van der Waals surface area contributed by atoms with Crippen LogP contribution in [0.15, 0.2) is 51.8 Å². The summed E-state index contributed by atoms with van der Waals surface area (Å²) in [5.74, 6) is -3.66. The van der Waals surface area contributed by atoms with Crippen molar-refractivity contribution in [2.24, 2.45) is 0 Å². The standard InChI is InChI=1S/C22H18BrF2NO7S2/c1-3-32-16(27)11-33-18-17(23)19(34-20(18)22(28)31-2)12-7-9-13(10-8-12)26-35(29,30)21-14(24)5-4-6-15(21)25/h4-10,26H,3,11H2,1-2H3. The summed E-state index contributed by atoms with van der Waals surface area (Å²) in [6.45, 7) is 1.38. The lowest BCUT2D eigenvalue weighted by Crippen LogP contribution is -2.16. The van der Waals surface area contributed by atoms with E-state index in [2.05, 4.69) is 20.7 Å². The number of rotatable bonds is 9. The van der Waals surface area contributed by atoms with Gasteiger partial charge in [-0.25, -0.2) is 26.8 Å². The Hall–Kier alpha value is -3.03. The van der Waals surface area contributed by atoms with Crippen LogP contribution in [0.1, 0.15) is 16.6 Å². The number of hydrogen-bond donors (Lipinski definition) is 1. The van der Waals surface area contributed by atoms with E-state index in [1.54, 1.807) is 6.92 Å². The summed E-state index contributed by atoms with van der Waals surface area (Å²) in [6, 6.07) is 8.57. The number of anilines is 1. The van der Waals surface area contributed by atoms with E-state index in [0.717, 1.165) is 29.5 Å². The highest BCUT2D eigenvalue weighted by molar-refractivity contribution is 9.10. The number of sulfonamides is 1. The SMILES string of the molecule is CCOC(=O)COc1c(C(=O)OC)sc(-c2ccc(NS(=O)(=O)c3c(F)cccc3F)cc2)c1Br. The van der Waals surface area contributed by atoms with Gasteiger partial charge < -0.3 is 14.2 Å². The minimum atomic E-state index is -4.53. The molecule has 1 aromatic heterocycles. The van der Waals surface area contributed by atoms with Gasteiger partial charge >= 0.3 is 11.9 Å². The monoisotopic (exact) mass is 589 g/mol. The van der Waals surface area contributed by atoms with E-state index >= 15 is 0 Å². The third kappa shape index (κ3) is 5.97. The zero-order valence-corrected chi connectivity index (χ0v) is 21.5. The van der Waals surface area contributed by atoms with Crippen LogP contribution >= 0.6 is 27.3 Å². The van der Waals surface area contributed by atoms with Gasteiger partial charge in [0.2, 0.25) is 0 Å². The van der Waals surface area contributed by atoms with Gasteiger partial charge in [-0.2, -0.15) is 0 Å². The molecule has 0 amide bonds. The summed E-state index contributed by atoms with van der Waals surface area (Å²) in [5, 5.41) is 0. The van der Waals surface area contributed by atoms with Crippen LogP contribution in [0, 0.1) is 11.6 Å². The average molecular weight is 590 g/mol. The van der Waals surface area contributed by atoms with Crippen molar-refractivity contribution in [1.82, 2.24) is 0 Å². The van der Waals surface area contributed by atoms with Crippen molar-refractivity contribution < 1.29 is 41.0 Å². The van der Waals surface area contributed by atoms with Crippen LogP contribution in [0.4, 0.5) is 14.5 Å². The zero-order chi connectivity index (χ0) is 25.8. The number of methoxy groups -OCH3 is 1. The van der Waals surface area contributed by atoms with Crippen LogP contribution < -0.4 is 9.46 Å². The molecule has 0 aliphatic heterocycles. The Balaban J connectivity index is 1.90. The maximum Gasteiger partial charge on any atom is 0.351 e. The molecule has 35 heavy (non-hydrogen) atoms. The lowest BCUT2D eigenvalue weighted by Gasteiger charge is -2.10. The van der Waals surface area contributed by atoms with Gasteiger partial charge in [0.25, 0.3) is 10.0 Å². The Labute approximate surface area is 212 Å².